The molecule has 5 nitrogen and oxygen atoms in total. The Hall–Kier alpha value is -2.86. The van der Waals surface area contributed by atoms with Crippen LogP contribution < -0.4 is 10.8 Å². The van der Waals surface area contributed by atoms with Crippen LogP contribution in [-0.4, -0.2) is 11.1 Å². The van der Waals surface area contributed by atoms with E-state index in [2.05, 4.69) is 5.32 Å². The quantitative estimate of drug-likeness (QED) is 0.510. The van der Waals surface area contributed by atoms with E-state index in [9.17, 15) is 9.18 Å². The Balaban J connectivity index is 1.96. The molecule has 22 heavy (non-hydrogen) atoms. The number of fused-ring (bicyclic) bond motifs is 1. The van der Waals surface area contributed by atoms with Crippen LogP contribution in [-0.2, 0) is 6.54 Å². The maximum Gasteiger partial charge on any atom is 0.310 e. The van der Waals surface area contributed by atoms with Crippen molar-refractivity contribution in [3.05, 3.63) is 65.7 Å². The van der Waals surface area contributed by atoms with E-state index >= 15 is 0 Å². The normalized spacial score (nSPS) is 10.6. The number of halogens is 1. The Morgan fingerprint density at radius 2 is 2.00 bits per heavy atom. The van der Waals surface area contributed by atoms with E-state index in [-0.39, 0.29) is 18.1 Å². The summed E-state index contributed by atoms with van der Waals surface area (Å²) < 4.78 is 18.7. The summed E-state index contributed by atoms with van der Waals surface area (Å²) in [6, 6.07) is 13.2. The van der Waals surface area contributed by atoms with Crippen molar-refractivity contribution in [3.8, 4) is 0 Å². The fourth-order valence-corrected chi connectivity index (χ4v) is 2.30. The summed E-state index contributed by atoms with van der Waals surface area (Å²) in [6.45, 7) is 0.253. The van der Waals surface area contributed by atoms with Crippen LogP contribution in [0.3, 0.4) is 0 Å². The zero-order chi connectivity index (χ0) is 15.5. The van der Waals surface area contributed by atoms with E-state index in [0.717, 1.165) is 5.39 Å². The maximum absolute atomic E-state index is 13.2. The number of anilines is 1. The Kier molecular flexibility index (Phi) is 3.76. The zero-order valence-corrected chi connectivity index (χ0v) is 11.5. The largest absolute Gasteiger partial charge is 0.450 e. The van der Waals surface area contributed by atoms with Gasteiger partial charge in [0.1, 0.15) is 11.4 Å². The SMILES string of the molecule is O=C(NO)c1oc2ccccc2c1CNc1cccc(F)c1. The molecule has 1 heterocycles. The van der Waals surface area contributed by atoms with Crippen LogP contribution in [0.1, 0.15) is 16.1 Å². The van der Waals surface area contributed by atoms with Gasteiger partial charge in [-0.1, -0.05) is 24.3 Å². The predicted octanol–water partition coefficient (Wildman–Crippen LogP) is 3.30. The Bertz CT molecular complexity index is 829. The predicted molar refractivity (Wildman–Crippen MR) is 79.2 cm³/mol. The molecule has 3 aromatic rings. The van der Waals surface area contributed by atoms with E-state index in [1.54, 1.807) is 29.7 Å². The second-order valence-electron chi connectivity index (χ2n) is 4.71. The molecule has 112 valence electrons. The van der Waals surface area contributed by atoms with E-state index < -0.39 is 5.91 Å². The minimum Gasteiger partial charge on any atom is -0.450 e. The molecule has 0 aliphatic heterocycles. The van der Waals surface area contributed by atoms with Crippen LogP contribution in [0.15, 0.2) is 52.9 Å². The van der Waals surface area contributed by atoms with Gasteiger partial charge in [-0.2, -0.15) is 0 Å². The van der Waals surface area contributed by atoms with Gasteiger partial charge in [0.25, 0.3) is 0 Å². The molecule has 0 saturated carbocycles. The van der Waals surface area contributed by atoms with Gasteiger partial charge in [-0.3, -0.25) is 10.0 Å². The molecule has 0 fully saturated rings. The number of furan rings is 1. The number of para-hydroxylation sites is 1. The van der Waals surface area contributed by atoms with E-state index in [0.29, 0.717) is 16.8 Å². The number of amides is 1. The number of nitrogens with one attached hydrogen (secondary N) is 2. The number of carbonyl (C=O) groups excluding carboxylic acids is 1. The van der Waals surface area contributed by atoms with Gasteiger partial charge in [0.05, 0.1) is 0 Å². The standard InChI is InChI=1S/C16H13FN2O3/c17-10-4-3-5-11(8-10)18-9-13-12-6-1-2-7-14(12)22-15(13)16(20)19-21/h1-8,18,21H,9H2,(H,19,20). The molecular weight excluding hydrogens is 287 g/mol. The molecule has 3 N–H and O–H groups in total. The number of hydroxylamine groups is 1. The molecule has 2 aromatic carbocycles. The highest BCUT2D eigenvalue weighted by Gasteiger charge is 2.19. The third-order valence-corrected chi connectivity index (χ3v) is 3.30. The molecule has 0 aliphatic rings. The summed E-state index contributed by atoms with van der Waals surface area (Å²) in [7, 11) is 0. The lowest BCUT2D eigenvalue weighted by Crippen LogP contribution is -2.20. The van der Waals surface area contributed by atoms with Crippen molar-refractivity contribution in [3.63, 3.8) is 0 Å². The minimum atomic E-state index is -0.729. The fourth-order valence-electron chi connectivity index (χ4n) is 2.30. The van der Waals surface area contributed by atoms with Crippen LogP contribution in [0.2, 0.25) is 0 Å². The number of rotatable bonds is 4. The van der Waals surface area contributed by atoms with E-state index in [1.165, 1.54) is 12.1 Å². The van der Waals surface area contributed by atoms with Crippen molar-refractivity contribution in [2.75, 3.05) is 5.32 Å². The first-order chi connectivity index (χ1) is 10.7. The minimum absolute atomic E-state index is 0.0209. The third kappa shape index (κ3) is 2.64. The van der Waals surface area contributed by atoms with Gasteiger partial charge in [-0.25, -0.2) is 9.87 Å². The first kappa shape index (κ1) is 14.1. The number of hydrogen-bond donors (Lipinski definition) is 3. The second kappa shape index (κ2) is 5.87. The Morgan fingerprint density at radius 3 is 2.77 bits per heavy atom. The maximum atomic E-state index is 13.2. The summed E-state index contributed by atoms with van der Waals surface area (Å²) in [5.74, 6) is -1.06. The molecule has 0 radical (unpaired) electrons. The van der Waals surface area contributed by atoms with Crippen LogP contribution in [0.4, 0.5) is 10.1 Å². The molecule has 0 aliphatic carbocycles. The highest BCUT2D eigenvalue weighted by atomic mass is 19.1. The summed E-state index contributed by atoms with van der Waals surface area (Å²) in [5, 5.41) is 12.6. The fraction of sp³-hybridized carbons (Fsp3) is 0.0625. The van der Waals surface area contributed by atoms with Crippen LogP contribution in [0, 0.1) is 5.82 Å². The van der Waals surface area contributed by atoms with Gasteiger partial charge in [0, 0.05) is 23.2 Å². The molecule has 0 bridgehead atoms. The van der Waals surface area contributed by atoms with Crippen molar-refractivity contribution in [2.24, 2.45) is 0 Å². The van der Waals surface area contributed by atoms with Gasteiger partial charge < -0.3 is 9.73 Å². The van der Waals surface area contributed by atoms with E-state index in [4.69, 9.17) is 9.62 Å². The topological polar surface area (TPSA) is 74.5 Å². The molecular formula is C16H13FN2O3. The van der Waals surface area contributed by atoms with Crippen LogP contribution in [0.25, 0.3) is 11.0 Å². The lowest BCUT2D eigenvalue weighted by molar-refractivity contribution is 0.0677. The summed E-state index contributed by atoms with van der Waals surface area (Å²) in [4.78, 5) is 11.7. The molecule has 1 amide bonds. The zero-order valence-electron chi connectivity index (χ0n) is 11.5. The van der Waals surface area contributed by atoms with Gasteiger partial charge >= 0.3 is 5.91 Å². The third-order valence-electron chi connectivity index (χ3n) is 3.30. The van der Waals surface area contributed by atoms with Crippen LogP contribution >= 0.6 is 0 Å². The first-order valence-electron chi connectivity index (χ1n) is 6.63. The molecule has 0 unspecified atom stereocenters. The van der Waals surface area contributed by atoms with Crippen molar-refractivity contribution in [2.45, 2.75) is 6.54 Å². The lowest BCUT2D eigenvalue weighted by Gasteiger charge is -2.06. The smallest absolute Gasteiger partial charge is 0.310 e. The van der Waals surface area contributed by atoms with Crippen molar-refractivity contribution in [1.29, 1.82) is 0 Å². The number of hydrogen-bond acceptors (Lipinski definition) is 4. The lowest BCUT2D eigenvalue weighted by atomic mass is 10.1. The molecule has 3 rings (SSSR count). The number of carbonyl (C=O) groups is 1. The molecule has 0 spiro atoms. The highest BCUT2D eigenvalue weighted by molar-refractivity contribution is 5.98. The van der Waals surface area contributed by atoms with Gasteiger partial charge in [-0.15, -0.1) is 0 Å². The highest BCUT2D eigenvalue weighted by Crippen LogP contribution is 2.26. The van der Waals surface area contributed by atoms with Crippen molar-refractivity contribution >= 4 is 22.6 Å². The molecule has 0 atom stereocenters. The van der Waals surface area contributed by atoms with Gasteiger partial charge in [0.15, 0.2) is 5.76 Å². The molecule has 6 heteroatoms. The van der Waals surface area contributed by atoms with Gasteiger partial charge in [-0.05, 0) is 24.3 Å². The molecule has 0 saturated heterocycles. The summed E-state index contributed by atoms with van der Waals surface area (Å²) in [6.07, 6.45) is 0. The first-order valence-corrected chi connectivity index (χ1v) is 6.63. The Morgan fingerprint density at radius 1 is 1.18 bits per heavy atom. The van der Waals surface area contributed by atoms with Crippen molar-refractivity contribution in [1.82, 2.24) is 5.48 Å². The van der Waals surface area contributed by atoms with Crippen LogP contribution in [0.5, 0.6) is 0 Å². The second-order valence-corrected chi connectivity index (χ2v) is 4.71. The van der Waals surface area contributed by atoms with Gasteiger partial charge in [0.2, 0.25) is 0 Å². The average molecular weight is 300 g/mol. The molecule has 1 aromatic heterocycles. The van der Waals surface area contributed by atoms with Crippen molar-refractivity contribution < 1.29 is 18.8 Å². The average Bonchev–Trinajstić information content (AvgIpc) is 2.91. The monoisotopic (exact) mass is 300 g/mol. The summed E-state index contributed by atoms with van der Waals surface area (Å²) >= 11 is 0. The summed E-state index contributed by atoms with van der Waals surface area (Å²) in [5.41, 5.74) is 3.28. The Labute approximate surface area is 125 Å². The van der Waals surface area contributed by atoms with E-state index in [1.807, 2.05) is 12.1 Å². The number of benzene rings is 2.